The number of carbonyl (C=O) groups excluding carboxylic acids is 1. The summed E-state index contributed by atoms with van der Waals surface area (Å²) >= 11 is 3.98. The van der Waals surface area contributed by atoms with Gasteiger partial charge in [-0.2, -0.15) is 0 Å². The number of hydrogen-bond donors (Lipinski definition) is 0. The Balaban J connectivity index is 0.000000247. The molecule has 4 aromatic rings. The Morgan fingerprint density at radius 1 is 0.638 bits per heavy atom. The molecule has 1 aromatic heterocycles. The second-order valence-corrected chi connectivity index (χ2v) is 31.4. The Kier molecular flexibility index (Phi) is 16.6. The average Bonchev–Trinajstić information content (AvgIpc) is 3.42. The van der Waals surface area contributed by atoms with Crippen LogP contribution in [0.2, 0.25) is 0 Å². The van der Waals surface area contributed by atoms with Gasteiger partial charge in [0.1, 0.15) is 0 Å². The van der Waals surface area contributed by atoms with E-state index in [9.17, 15) is 4.79 Å². The molecule has 7 rings (SSSR count). The third-order valence-corrected chi connectivity index (χ3v) is 24.4. The fraction of sp³-hybridized carbons (Fsp3) is 0.521. The molecule has 0 amide bonds. The van der Waals surface area contributed by atoms with Crippen LogP contribution in [-0.2, 0) is 16.7 Å². The third-order valence-electron chi connectivity index (χ3n) is 12.5. The third kappa shape index (κ3) is 11.1. The van der Waals surface area contributed by atoms with Crippen LogP contribution in [0.25, 0.3) is 11.4 Å². The van der Waals surface area contributed by atoms with Crippen LogP contribution in [0.4, 0.5) is 0 Å². The number of imidazole rings is 1. The molecule has 0 saturated heterocycles. The SMILES string of the molecule is C1CCC([PH+](C2CCCCC2)C2CCCCC2)CC1.CC(=O)Oc1ccc([CH]=[Ru]([Cl])([Cl])=[c]2n(-c3c(C)cc(C)cc3C)c(Br)c(Br)n2-c2c(C)cc(C)cc2C)cc1. The van der Waals surface area contributed by atoms with Crippen LogP contribution in [0.1, 0.15) is 142 Å². The van der Waals surface area contributed by atoms with Crippen LogP contribution in [0, 0.1) is 45.6 Å². The van der Waals surface area contributed by atoms with Gasteiger partial charge < -0.3 is 0 Å². The molecule has 1 heterocycles. The van der Waals surface area contributed by atoms with Crippen molar-refractivity contribution >= 4 is 69.7 Å². The molecule has 318 valence electrons. The molecule has 0 unspecified atom stereocenters. The molecule has 4 nitrogen and oxygen atoms in total. The molecule has 0 aliphatic heterocycles. The number of rotatable bonds is 7. The Labute approximate surface area is 376 Å². The number of halogens is 4. The van der Waals surface area contributed by atoms with Gasteiger partial charge in [-0.15, -0.1) is 0 Å². The number of nitrogens with zero attached hydrogens (tertiary/aromatic N) is 2. The van der Waals surface area contributed by atoms with E-state index in [0.29, 0.717) is 5.75 Å². The summed E-state index contributed by atoms with van der Waals surface area (Å²) in [6.45, 7) is 14.0. The van der Waals surface area contributed by atoms with Crippen molar-refractivity contribution in [3.05, 3.63) is 101 Å². The molecule has 3 aliphatic rings. The minimum absolute atomic E-state index is 0.0465. The monoisotopic (exact) mass is 1060 g/mol. The van der Waals surface area contributed by atoms with Gasteiger partial charge in [-0.25, -0.2) is 0 Å². The van der Waals surface area contributed by atoms with Crippen LogP contribution >= 0.6 is 59.2 Å². The average molecular weight is 1060 g/mol. The van der Waals surface area contributed by atoms with Gasteiger partial charge >= 0.3 is 259 Å². The van der Waals surface area contributed by atoms with Crippen molar-refractivity contribution in [2.75, 3.05) is 0 Å². The Hall–Kier alpha value is -1.20. The minimum atomic E-state index is -3.80. The molecule has 3 aromatic carbocycles. The second-order valence-electron chi connectivity index (χ2n) is 17.2. The van der Waals surface area contributed by atoms with Crippen molar-refractivity contribution in [3.63, 3.8) is 0 Å². The first-order valence-electron chi connectivity index (χ1n) is 21.5. The fourth-order valence-electron chi connectivity index (χ4n) is 10.3. The molecule has 3 fully saturated rings. The zero-order valence-corrected chi connectivity index (χ0v) is 43.0. The Bertz CT molecular complexity index is 2070. The summed E-state index contributed by atoms with van der Waals surface area (Å²) in [7, 11) is 15.0. The number of aryl methyl sites for hydroxylation is 6. The van der Waals surface area contributed by atoms with Crippen molar-refractivity contribution < 1.29 is 21.4 Å². The maximum atomic E-state index is 11.4. The van der Waals surface area contributed by atoms with Crippen LogP contribution in [0.5, 0.6) is 5.75 Å². The van der Waals surface area contributed by atoms with Crippen molar-refractivity contribution in [3.8, 4) is 17.1 Å². The molecule has 3 aliphatic carbocycles. The zero-order chi connectivity index (χ0) is 41.7. The van der Waals surface area contributed by atoms with Crippen LogP contribution in [0.3, 0.4) is 0 Å². The quantitative estimate of drug-likeness (QED) is 0.0800. The Morgan fingerprint density at radius 3 is 1.31 bits per heavy atom. The van der Waals surface area contributed by atoms with Gasteiger partial charge in [-0.05, 0) is 77.0 Å². The first-order chi connectivity index (χ1) is 27.7. The Morgan fingerprint density at radius 2 is 0.983 bits per heavy atom. The van der Waals surface area contributed by atoms with Gasteiger partial charge in [-0.3, -0.25) is 0 Å². The number of benzene rings is 3. The maximum absolute atomic E-state index is 11.4. The molecule has 58 heavy (non-hydrogen) atoms. The van der Waals surface area contributed by atoms with Crippen LogP contribution in [0.15, 0.2) is 57.7 Å². The van der Waals surface area contributed by atoms with Crippen LogP contribution < -0.4 is 4.74 Å². The van der Waals surface area contributed by atoms with Gasteiger partial charge in [0.2, 0.25) is 0 Å². The van der Waals surface area contributed by atoms with Gasteiger partial charge in [0.05, 0.1) is 17.0 Å². The van der Waals surface area contributed by atoms with Gasteiger partial charge in [-0.1, -0.05) is 19.3 Å². The summed E-state index contributed by atoms with van der Waals surface area (Å²) in [5, 5.41) is 0. The van der Waals surface area contributed by atoms with Crippen molar-refractivity contribution in [2.45, 2.75) is 162 Å². The standard InChI is InChI=1S/C21H22Br2N2.C18H33P.C9H8O2.2ClH.Ru/c1-12-7-14(3)18(15(4)8-12)24-11-25(21(23)20(24)22)19-16(5)9-13(2)10-17(19)6;1-4-10-16(11-5-1)19(17-12-6-2-7-13-17)18-14-8-3-9-15-18;1-7-3-5-9(6-4-7)11-8(2)10;;;/h7-10H,1-6H3;16-18H,1-15H2;1,3-6H,2H3;2*1H;/q;;;;;+2/p-1. The van der Waals surface area contributed by atoms with Gasteiger partial charge in [0.25, 0.3) is 0 Å². The molecular weight excluding hydrogens is 999 g/mol. The summed E-state index contributed by atoms with van der Waals surface area (Å²) in [6, 6.07) is 15.9. The van der Waals surface area contributed by atoms with E-state index < -0.39 is 11.9 Å². The molecule has 0 N–H and O–H groups in total. The predicted molar refractivity (Wildman–Crippen MR) is 256 cm³/mol. The number of carbonyl (C=O) groups is 1. The number of hydrogen-bond acceptors (Lipinski definition) is 2. The summed E-state index contributed by atoms with van der Waals surface area (Å²) in [6.07, 6.45) is 23.8. The molecule has 10 heteroatoms. The first kappa shape index (κ1) is 46.3. The first-order valence-corrected chi connectivity index (χ1v) is 31.1. The van der Waals surface area contributed by atoms with Gasteiger partial charge in [0, 0.05) is 7.92 Å². The predicted octanol–water partition coefficient (Wildman–Crippen LogP) is 15.6. The molecular formula is C48H64Br2Cl2N2O2PRu+. The molecule has 0 atom stereocenters. The topological polar surface area (TPSA) is 36.2 Å². The molecule has 0 bridgehead atoms. The summed E-state index contributed by atoms with van der Waals surface area (Å²) in [5.74, 6) is 0.106. The van der Waals surface area contributed by atoms with E-state index in [4.69, 9.17) is 24.1 Å². The summed E-state index contributed by atoms with van der Waals surface area (Å²) < 4.78 is 14.0. The van der Waals surface area contributed by atoms with Crippen LogP contribution in [-0.4, -0.2) is 36.7 Å². The summed E-state index contributed by atoms with van der Waals surface area (Å²) in [5.41, 5.74) is 13.5. The normalized spacial score (nSPS) is 17.5. The molecule has 3 saturated carbocycles. The molecule has 0 spiro atoms. The zero-order valence-electron chi connectivity index (χ0n) is 35.6. The van der Waals surface area contributed by atoms with E-state index in [2.05, 4.69) is 107 Å². The number of esters is 1. The number of aromatic nitrogens is 2. The van der Waals surface area contributed by atoms with E-state index in [1.807, 2.05) is 16.7 Å². The van der Waals surface area contributed by atoms with Crippen molar-refractivity contribution in [2.24, 2.45) is 0 Å². The van der Waals surface area contributed by atoms with E-state index in [-0.39, 0.29) is 13.9 Å². The van der Waals surface area contributed by atoms with E-state index in [1.165, 1.54) is 35.0 Å². The van der Waals surface area contributed by atoms with Gasteiger partial charge in [0.15, 0.2) is 0 Å². The summed E-state index contributed by atoms with van der Waals surface area (Å²) in [4.78, 5) is 11.4. The second kappa shape index (κ2) is 20.8. The van der Waals surface area contributed by atoms with E-state index >= 15 is 0 Å². The van der Waals surface area contributed by atoms with Crippen molar-refractivity contribution in [1.82, 2.24) is 9.13 Å². The fourth-order valence-corrected chi connectivity index (χ4v) is 22.7. The van der Waals surface area contributed by atoms with E-state index in [1.54, 1.807) is 108 Å². The van der Waals surface area contributed by atoms with E-state index in [0.717, 1.165) is 52.4 Å². The molecule has 0 radical (unpaired) electrons. The number of ether oxygens (including phenoxy) is 1. The van der Waals surface area contributed by atoms with Crippen molar-refractivity contribution in [1.29, 1.82) is 0 Å².